The van der Waals surface area contributed by atoms with Gasteiger partial charge in [0.05, 0.1) is 11.8 Å². The maximum atomic E-state index is 11.6. The third-order valence-electron chi connectivity index (χ3n) is 1.88. The van der Waals surface area contributed by atoms with Crippen LogP contribution in [-0.4, -0.2) is 17.3 Å². The highest BCUT2D eigenvalue weighted by molar-refractivity contribution is 9.09. The number of carbonyl (C=O) groups excluding carboxylic acids is 1. The van der Waals surface area contributed by atoms with Gasteiger partial charge in [-0.2, -0.15) is 0 Å². The van der Waals surface area contributed by atoms with E-state index >= 15 is 0 Å². The van der Waals surface area contributed by atoms with Crippen molar-refractivity contribution >= 4 is 33.4 Å². The lowest BCUT2D eigenvalue weighted by Gasteiger charge is -2.12. The topological polar surface area (TPSA) is 42.2 Å². The van der Waals surface area contributed by atoms with Crippen LogP contribution in [0.3, 0.4) is 0 Å². The van der Waals surface area contributed by atoms with E-state index in [1.807, 2.05) is 6.92 Å². The van der Waals surface area contributed by atoms with E-state index in [0.29, 0.717) is 5.56 Å². The normalized spacial score (nSPS) is 12.5. The molecule has 0 aliphatic carbocycles. The molecule has 0 saturated heterocycles. The lowest BCUT2D eigenvalue weighted by Crippen LogP contribution is -2.35. The van der Waals surface area contributed by atoms with Crippen LogP contribution in [0.1, 0.15) is 23.7 Å². The Morgan fingerprint density at radius 1 is 1.79 bits per heavy atom. The van der Waals surface area contributed by atoms with Crippen molar-refractivity contribution in [3.8, 4) is 0 Å². The smallest absolute Gasteiger partial charge is 0.256 e. The van der Waals surface area contributed by atoms with Crippen molar-refractivity contribution < 1.29 is 9.21 Å². The summed E-state index contributed by atoms with van der Waals surface area (Å²) >= 11 is 8.98. The first-order valence-corrected chi connectivity index (χ1v) is 5.78. The summed E-state index contributed by atoms with van der Waals surface area (Å²) in [5, 5.41) is 3.69. The minimum atomic E-state index is -0.199. The van der Waals surface area contributed by atoms with Gasteiger partial charge in [-0.05, 0) is 24.1 Å². The van der Waals surface area contributed by atoms with E-state index in [9.17, 15) is 4.79 Å². The molecule has 1 atom stereocenters. The SMILES string of the molecule is CCC(CBr)NC(=O)c1ccoc1Cl. The fourth-order valence-corrected chi connectivity index (χ4v) is 1.79. The number of nitrogens with one attached hydrogen (secondary N) is 1. The zero-order valence-electron chi connectivity index (χ0n) is 7.72. The summed E-state index contributed by atoms with van der Waals surface area (Å²) in [5.41, 5.74) is 0.381. The second-order valence-electron chi connectivity index (χ2n) is 2.84. The molecule has 0 aliphatic rings. The van der Waals surface area contributed by atoms with E-state index in [1.165, 1.54) is 6.26 Å². The van der Waals surface area contributed by atoms with Crippen LogP contribution in [0, 0.1) is 0 Å². The maximum absolute atomic E-state index is 11.6. The number of carbonyl (C=O) groups is 1. The highest BCUT2D eigenvalue weighted by Crippen LogP contribution is 2.16. The van der Waals surface area contributed by atoms with Gasteiger partial charge in [0.1, 0.15) is 0 Å². The molecule has 0 aromatic carbocycles. The highest BCUT2D eigenvalue weighted by atomic mass is 79.9. The van der Waals surface area contributed by atoms with Crippen LogP contribution >= 0.6 is 27.5 Å². The molecule has 0 saturated carbocycles. The molecular formula is C9H11BrClNO2. The predicted octanol–water partition coefficient (Wildman–Crippen LogP) is 2.84. The van der Waals surface area contributed by atoms with Gasteiger partial charge in [-0.1, -0.05) is 22.9 Å². The second kappa shape index (κ2) is 5.41. The zero-order chi connectivity index (χ0) is 10.6. The number of rotatable bonds is 4. The number of halogens is 2. The molecule has 0 radical (unpaired) electrons. The van der Waals surface area contributed by atoms with E-state index in [1.54, 1.807) is 6.07 Å². The van der Waals surface area contributed by atoms with Crippen molar-refractivity contribution in [1.82, 2.24) is 5.32 Å². The number of hydrogen-bond donors (Lipinski definition) is 1. The number of amides is 1. The van der Waals surface area contributed by atoms with Crippen molar-refractivity contribution in [3.63, 3.8) is 0 Å². The molecule has 3 nitrogen and oxygen atoms in total. The summed E-state index contributed by atoms with van der Waals surface area (Å²) in [6.07, 6.45) is 2.26. The first-order chi connectivity index (χ1) is 6.69. The van der Waals surface area contributed by atoms with Gasteiger partial charge >= 0.3 is 0 Å². The van der Waals surface area contributed by atoms with Crippen LogP contribution in [0.2, 0.25) is 5.22 Å². The number of hydrogen-bond acceptors (Lipinski definition) is 2. The minimum absolute atomic E-state index is 0.119. The van der Waals surface area contributed by atoms with Crippen molar-refractivity contribution in [2.75, 3.05) is 5.33 Å². The standard InChI is InChI=1S/C9H11BrClNO2/c1-2-6(5-10)12-9(13)7-3-4-14-8(7)11/h3-4,6H,2,5H2,1H3,(H,12,13). The van der Waals surface area contributed by atoms with Crippen LogP contribution in [0.5, 0.6) is 0 Å². The first-order valence-electron chi connectivity index (χ1n) is 4.28. The summed E-state index contributed by atoms with van der Waals surface area (Å²) in [6.45, 7) is 2.00. The van der Waals surface area contributed by atoms with Crippen molar-refractivity contribution in [1.29, 1.82) is 0 Å². The Hall–Kier alpha value is -0.480. The summed E-state index contributed by atoms with van der Waals surface area (Å²) in [6, 6.07) is 1.67. The van der Waals surface area contributed by atoms with E-state index < -0.39 is 0 Å². The Balaban J connectivity index is 2.63. The van der Waals surface area contributed by atoms with Crippen LogP contribution in [0.15, 0.2) is 16.7 Å². The van der Waals surface area contributed by atoms with E-state index in [4.69, 9.17) is 16.0 Å². The molecule has 0 bridgehead atoms. The molecule has 1 N–H and O–H groups in total. The van der Waals surface area contributed by atoms with Crippen LogP contribution in [0.25, 0.3) is 0 Å². The van der Waals surface area contributed by atoms with Gasteiger partial charge in [-0.15, -0.1) is 0 Å². The monoisotopic (exact) mass is 279 g/mol. The molecule has 0 fully saturated rings. The third-order valence-corrected chi connectivity index (χ3v) is 2.95. The summed E-state index contributed by atoms with van der Waals surface area (Å²) in [7, 11) is 0. The third kappa shape index (κ3) is 2.75. The molecule has 1 aromatic rings. The zero-order valence-corrected chi connectivity index (χ0v) is 10.1. The van der Waals surface area contributed by atoms with E-state index in [-0.39, 0.29) is 17.2 Å². The molecule has 1 rings (SSSR count). The Kier molecular flexibility index (Phi) is 4.48. The molecule has 1 aromatic heterocycles. The summed E-state index contributed by atoms with van der Waals surface area (Å²) in [5.74, 6) is -0.199. The van der Waals surface area contributed by atoms with Gasteiger partial charge < -0.3 is 9.73 Å². The molecule has 1 amide bonds. The molecule has 5 heteroatoms. The summed E-state index contributed by atoms with van der Waals surface area (Å²) < 4.78 is 4.83. The van der Waals surface area contributed by atoms with Crippen LogP contribution in [-0.2, 0) is 0 Å². The first kappa shape index (κ1) is 11.6. The second-order valence-corrected chi connectivity index (χ2v) is 3.83. The largest absolute Gasteiger partial charge is 0.452 e. The van der Waals surface area contributed by atoms with Gasteiger partial charge in [0.15, 0.2) is 0 Å². The fourth-order valence-electron chi connectivity index (χ4n) is 0.969. The molecule has 78 valence electrons. The van der Waals surface area contributed by atoms with Crippen molar-refractivity contribution in [2.45, 2.75) is 19.4 Å². The predicted molar refractivity (Wildman–Crippen MR) is 59.1 cm³/mol. The van der Waals surface area contributed by atoms with Crippen LogP contribution < -0.4 is 5.32 Å². The average molecular weight is 281 g/mol. The summed E-state index contributed by atoms with van der Waals surface area (Å²) in [4.78, 5) is 11.6. The molecule has 1 heterocycles. The van der Waals surface area contributed by atoms with E-state index in [2.05, 4.69) is 21.2 Å². The molecular weight excluding hydrogens is 269 g/mol. The Morgan fingerprint density at radius 3 is 2.93 bits per heavy atom. The minimum Gasteiger partial charge on any atom is -0.452 e. The van der Waals surface area contributed by atoms with Gasteiger partial charge in [-0.3, -0.25) is 4.79 Å². The number of alkyl halides is 1. The van der Waals surface area contributed by atoms with Crippen molar-refractivity contribution in [2.24, 2.45) is 0 Å². The van der Waals surface area contributed by atoms with Gasteiger partial charge in [-0.25, -0.2) is 0 Å². The van der Waals surface area contributed by atoms with Gasteiger partial charge in [0.25, 0.3) is 5.91 Å². The molecule has 1 unspecified atom stereocenters. The molecule has 0 spiro atoms. The van der Waals surface area contributed by atoms with E-state index in [0.717, 1.165) is 11.8 Å². The van der Waals surface area contributed by atoms with Crippen LogP contribution in [0.4, 0.5) is 0 Å². The number of furan rings is 1. The molecule has 14 heavy (non-hydrogen) atoms. The fraction of sp³-hybridized carbons (Fsp3) is 0.444. The quantitative estimate of drug-likeness (QED) is 0.862. The molecule has 0 aliphatic heterocycles. The van der Waals surface area contributed by atoms with Gasteiger partial charge in [0, 0.05) is 11.4 Å². The lowest BCUT2D eigenvalue weighted by atomic mass is 10.2. The van der Waals surface area contributed by atoms with Gasteiger partial charge in [0.2, 0.25) is 5.22 Å². The maximum Gasteiger partial charge on any atom is 0.256 e. The Labute approximate surface area is 95.9 Å². The highest BCUT2D eigenvalue weighted by Gasteiger charge is 2.15. The Bertz CT molecular complexity index is 310. The Morgan fingerprint density at radius 2 is 2.50 bits per heavy atom. The average Bonchev–Trinajstić information content (AvgIpc) is 2.60. The lowest BCUT2D eigenvalue weighted by molar-refractivity contribution is 0.0940. The van der Waals surface area contributed by atoms with Crippen molar-refractivity contribution in [3.05, 3.63) is 23.1 Å².